The summed E-state index contributed by atoms with van der Waals surface area (Å²) in [6, 6.07) is 8.03. The summed E-state index contributed by atoms with van der Waals surface area (Å²) in [4.78, 5) is 27.7. The number of carbonyl (C=O) groups excluding carboxylic acids is 2. The van der Waals surface area contributed by atoms with Crippen LogP contribution in [-0.2, 0) is 20.9 Å². The predicted octanol–water partition coefficient (Wildman–Crippen LogP) is 2.90. The van der Waals surface area contributed by atoms with E-state index in [1.54, 1.807) is 0 Å². The minimum absolute atomic E-state index is 0.0380. The first-order chi connectivity index (χ1) is 13.5. The molecule has 1 saturated heterocycles. The number of hydrogen-bond donors (Lipinski definition) is 1. The predicted molar refractivity (Wildman–Crippen MR) is 113 cm³/mol. The molecule has 2 aromatic rings. The lowest BCUT2D eigenvalue weighted by Gasteiger charge is -2.35. The average Bonchev–Trinajstić information content (AvgIpc) is 3.01. The maximum atomic E-state index is 12.9. The van der Waals surface area contributed by atoms with Crippen LogP contribution >= 0.6 is 11.8 Å². The zero-order valence-corrected chi connectivity index (χ0v) is 17.6. The molecule has 2 atom stereocenters. The van der Waals surface area contributed by atoms with Crippen molar-refractivity contribution in [1.29, 1.82) is 0 Å². The molecule has 0 unspecified atom stereocenters. The number of rotatable bonds is 7. The molecule has 0 saturated carbocycles. The van der Waals surface area contributed by atoms with E-state index in [1.807, 2.05) is 60.7 Å². The third-order valence-corrected chi connectivity index (χ3v) is 5.80. The summed E-state index contributed by atoms with van der Waals surface area (Å²) < 4.78 is 7.73. The maximum absolute atomic E-state index is 12.9. The third kappa shape index (κ3) is 5.08. The number of aromatic nitrogens is 1. The van der Waals surface area contributed by atoms with Gasteiger partial charge in [0.1, 0.15) is 6.54 Å². The average molecular weight is 404 g/mol. The van der Waals surface area contributed by atoms with Crippen LogP contribution in [0.5, 0.6) is 0 Å². The minimum Gasteiger partial charge on any atom is -0.372 e. The Morgan fingerprint density at radius 3 is 2.64 bits per heavy atom. The first-order valence-corrected chi connectivity index (χ1v) is 10.9. The molecule has 0 spiro atoms. The van der Waals surface area contributed by atoms with Gasteiger partial charge in [-0.1, -0.05) is 25.1 Å². The van der Waals surface area contributed by atoms with Crippen LogP contribution in [0.15, 0.2) is 35.4 Å². The highest BCUT2D eigenvalue weighted by molar-refractivity contribution is 8.00. The number of ether oxygens (including phenoxy) is 1. The molecular formula is C21H29N3O3S. The molecular weight excluding hydrogens is 374 g/mol. The molecule has 0 radical (unpaired) electrons. The number of nitrogens with zero attached hydrogens (tertiary/aromatic N) is 2. The second-order valence-corrected chi connectivity index (χ2v) is 8.35. The lowest BCUT2D eigenvalue weighted by molar-refractivity contribution is -0.143. The van der Waals surface area contributed by atoms with E-state index < -0.39 is 0 Å². The van der Waals surface area contributed by atoms with Crippen LogP contribution in [0.3, 0.4) is 0 Å². The van der Waals surface area contributed by atoms with Crippen LogP contribution in [0.4, 0.5) is 0 Å². The summed E-state index contributed by atoms with van der Waals surface area (Å²) in [5, 5.41) is 3.98. The highest BCUT2D eigenvalue weighted by atomic mass is 32.2. The number of morpholine rings is 1. The van der Waals surface area contributed by atoms with Gasteiger partial charge in [0.05, 0.1) is 18.0 Å². The number of nitrogens with one attached hydrogen (secondary N) is 1. The van der Waals surface area contributed by atoms with Crippen LogP contribution < -0.4 is 5.32 Å². The summed E-state index contributed by atoms with van der Waals surface area (Å²) in [6.45, 7) is 8.28. The number of amides is 2. The fraction of sp³-hybridized carbons (Fsp3) is 0.524. The largest absolute Gasteiger partial charge is 0.372 e. The smallest absolute Gasteiger partial charge is 0.242 e. The van der Waals surface area contributed by atoms with Crippen molar-refractivity contribution in [3.05, 3.63) is 30.5 Å². The van der Waals surface area contributed by atoms with Crippen molar-refractivity contribution in [2.75, 3.05) is 25.4 Å². The standard InChI is InChI=1S/C21H29N3O3S/c1-4-9-22-20(25)14-28-19-12-23(18-8-6-5-7-17(18)19)13-21(26)24-10-15(2)27-16(3)11-24/h5-8,12,15-16H,4,9-11,13-14H2,1-3H3,(H,22,25)/t15-,16+. The molecule has 7 heteroatoms. The van der Waals surface area contributed by atoms with Crippen LogP contribution in [0.2, 0.25) is 0 Å². The quantitative estimate of drug-likeness (QED) is 0.722. The molecule has 1 aliphatic rings. The first-order valence-electron chi connectivity index (χ1n) is 9.88. The number of benzene rings is 1. The summed E-state index contributed by atoms with van der Waals surface area (Å²) in [6.07, 6.45) is 3.04. The van der Waals surface area contributed by atoms with Gasteiger partial charge in [0, 0.05) is 41.6 Å². The molecule has 152 valence electrons. The van der Waals surface area contributed by atoms with Crippen LogP contribution in [-0.4, -0.2) is 58.9 Å². The van der Waals surface area contributed by atoms with Crippen molar-refractivity contribution < 1.29 is 14.3 Å². The van der Waals surface area contributed by atoms with E-state index >= 15 is 0 Å². The Labute approximate surface area is 170 Å². The Morgan fingerprint density at radius 1 is 1.21 bits per heavy atom. The van der Waals surface area contributed by atoms with Crippen LogP contribution in [0.25, 0.3) is 10.9 Å². The fourth-order valence-electron chi connectivity index (χ4n) is 3.54. The van der Waals surface area contributed by atoms with Gasteiger partial charge >= 0.3 is 0 Å². The lowest BCUT2D eigenvalue weighted by Crippen LogP contribution is -2.49. The number of para-hydroxylation sites is 1. The zero-order chi connectivity index (χ0) is 20.1. The second kappa shape index (κ2) is 9.47. The zero-order valence-electron chi connectivity index (χ0n) is 16.8. The van der Waals surface area contributed by atoms with E-state index in [-0.39, 0.29) is 24.0 Å². The Kier molecular flexibility index (Phi) is 7.02. The summed E-state index contributed by atoms with van der Waals surface area (Å²) in [7, 11) is 0. The molecule has 0 aliphatic carbocycles. The van der Waals surface area contributed by atoms with Crippen molar-refractivity contribution >= 4 is 34.5 Å². The monoisotopic (exact) mass is 403 g/mol. The van der Waals surface area contributed by atoms with Crippen molar-refractivity contribution in [2.24, 2.45) is 0 Å². The first kappa shape index (κ1) is 20.7. The van der Waals surface area contributed by atoms with Crippen LogP contribution in [0, 0.1) is 0 Å². The van der Waals surface area contributed by atoms with E-state index in [4.69, 9.17) is 4.74 Å². The summed E-state index contributed by atoms with van der Waals surface area (Å²) >= 11 is 1.51. The van der Waals surface area contributed by atoms with Crippen molar-refractivity contribution in [2.45, 2.75) is 50.8 Å². The van der Waals surface area contributed by atoms with Gasteiger partial charge in [0.25, 0.3) is 0 Å². The van der Waals surface area contributed by atoms with Gasteiger partial charge < -0.3 is 19.5 Å². The Bertz CT molecular complexity index is 825. The minimum atomic E-state index is 0.0380. The molecule has 1 aromatic carbocycles. The number of fused-ring (bicyclic) bond motifs is 1. The van der Waals surface area contributed by atoms with E-state index in [0.717, 1.165) is 22.2 Å². The van der Waals surface area contributed by atoms with E-state index in [2.05, 4.69) is 5.32 Å². The Balaban J connectivity index is 1.73. The Hall–Kier alpha value is -1.99. The molecule has 6 nitrogen and oxygen atoms in total. The molecule has 1 N–H and O–H groups in total. The SMILES string of the molecule is CCCNC(=O)CSc1cn(CC(=O)N2C[C@@H](C)O[C@@H](C)C2)c2ccccc12. The van der Waals surface area contributed by atoms with Crippen LogP contribution in [0.1, 0.15) is 27.2 Å². The molecule has 1 aromatic heterocycles. The van der Waals surface area contributed by atoms with Gasteiger partial charge in [-0.05, 0) is 26.3 Å². The van der Waals surface area contributed by atoms with Gasteiger partial charge in [-0.15, -0.1) is 11.8 Å². The molecule has 3 rings (SSSR count). The number of thioether (sulfide) groups is 1. The van der Waals surface area contributed by atoms with Crippen molar-refractivity contribution in [1.82, 2.24) is 14.8 Å². The molecule has 0 bridgehead atoms. The van der Waals surface area contributed by atoms with Crippen molar-refractivity contribution in [3.63, 3.8) is 0 Å². The van der Waals surface area contributed by atoms with Crippen molar-refractivity contribution in [3.8, 4) is 0 Å². The molecule has 2 amide bonds. The molecule has 28 heavy (non-hydrogen) atoms. The van der Waals surface area contributed by atoms with Gasteiger partial charge in [-0.2, -0.15) is 0 Å². The van der Waals surface area contributed by atoms with Gasteiger partial charge in [-0.3, -0.25) is 9.59 Å². The fourth-order valence-corrected chi connectivity index (χ4v) is 4.46. The van der Waals surface area contributed by atoms with Gasteiger partial charge in [-0.25, -0.2) is 0 Å². The highest BCUT2D eigenvalue weighted by Gasteiger charge is 2.26. The number of hydrogen-bond acceptors (Lipinski definition) is 4. The lowest BCUT2D eigenvalue weighted by atomic mass is 10.2. The van der Waals surface area contributed by atoms with E-state index in [0.29, 0.717) is 31.9 Å². The third-order valence-electron chi connectivity index (χ3n) is 4.76. The molecule has 1 aliphatic heterocycles. The highest BCUT2D eigenvalue weighted by Crippen LogP contribution is 2.30. The second-order valence-electron chi connectivity index (χ2n) is 7.33. The topological polar surface area (TPSA) is 63.6 Å². The summed E-state index contributed by atoms with van der Waals surface area (Å²) in [5.41, 5.74) is 1.02. The maximum Gasteiger partial charge on any atom is 0.242 e. The molecule has 2 heterocycles. The summed E-state index contributed by atoms with van der Waals surface area (Å²) in [5.74, 6) is 0.511. The normalized spacial score (nSPS) is 19.8. The van der Waals surface area contributed by atoms with Gasteiger partial charge in [0.15, 0.2) is 0 Å². The Morgan fingerprint density at radius 2 is 1.93 bits per heavy atom. The van der Waals surface area contributed by atoms with Gasteiger partial charge in [0.2, 0.25) is 11.8 Å². The van der Waals surface area contributed by atoms with E-state index in [1.165, 1.54) is 11.8 Å². The number of carbonyl (C=O) groups is 2. The van der Waals surface area contributed by atoms with E-state index in [9.17, 15) is 9.59 Å². The molecule has 1 fully saturated rings.